The first-order chi connectivity index (χ1) is 11.4. The van der Waals surface area contributed by atoms with Gasteiger partial charge in [0.05, 0.1) is 19.8 Å². The summed E-state index contributed by atoms with van der Waals surface area (Å²) in [6.45, 7) is 9.90. The third kappa shape index (κ3) is 6.04. The zero-order chi connectivity index (χ0) is 18.1. The lowest BCUT2D eigenvalue weighted by Gasteiger charge is -2.43. The van der Waals surface area contributed by atoms with E-state index in [1.54, 1.807) is 6.08 Å². The van der Waals surface area contributed by atoms with Gasteiger partial charge in [-0.25, -0.2) is 0 Å². The van der Waals surface area contributed by atoms with E-state index in [-0.39, 0.29) is 19.8 Å². The Morgan fingerprint density at radius 1 is 1.04 bits per heavy atom. The van der Waals surface area contributed by atoms with Gasteiger partial charge < -0.3 is 28.8 Å². The first kappa shape index (κ1) is 20.3. The molecule has 0 saturated carbocycles. The van der Waals surface area contributed by atoms with Crippen molar-refractivity contribution in [1.82, 2.24) is 0 Å². The van der Waals surface area contributed by atoms with Gasteiger partial charge in [0, 0.05) is 13.8 Å². The quantitative estimate of drug-likeness (QED) is 0.363. The smallest absolute Gasteiger partial charge is 0.303 e. The number of hydrogen-bond donors (Lipinski definition) is 1. The summed E-state index contributed by atoms with van der Waals surface area (Å²) in [6.07, 6.45) is -2.23. The van der Waals surface area contributed by atoms with E-state index in [0.717, 1.165) is 0 Å². The van der Waals surface area contributed by atoms with Crippen LogP contribution in [-0.4, -0.2) is 67.6 Å². The van der Waals surface area contributed by atoms with Crippen LogP contribution in [0.1, 0.15) is 13.8 Å². The molecule has 1 rings (SSSR count). The van der Waals surface area contributed by atoms with Crippen molar-refractivity contribution in [2.75, 3.05) is 19.8 Å². The monoisotopic (exact) mass is 344 g/mol. The van der Waals surface area contributed by atoms with E-state index in [2.05, 4.69) is 13.2 Å². The number of carbonyl (C=O) groups is 2. The number of hydrogen-bond acceptors (Lipinski definition) is 8. The van der Waals surface area contributed by atoms with E-state index < -0.39 is 42.6 Å². The Morgan fingerprint density at radius 2 is 1.62 bits per heavy atom. The van der Waals surface area contributed by atoms with Crippen LogP contribution < -0.4 is 0 Å². The van der Waals surface area contributed by atoms with Crippen molar-refractivity contribution in [1.29, 1.82) is 0 Å². The molecule has 1 saturated heterocycles. The number of aliphatic hydroxyl groups excluding tert-OH is 1. The highest BCUT2D eigenvalue weighted by molar-refractivity contribution is 5.67. The molecule has 5 atom stereocenters. The highest BCUT2D eigenvalue weighted by Crippen LogP contribution is 2.27. The molecule has 0 spiro atoms. The maximum Gasteiger partial charge on any atom is 0.303 e. The minimum Gasteiger partial charge on any atom is -0.457 e. The SMILES string of the molecule is C=CCOC[C@H]1O[C@@H](O)[C@H](OC(C)=O)[C@@H](OCC=C)[C@H]1OC(C)=O. The molecular formula is C16H24O8. The van der Waals surface area contributed by atoms with Gasteiger partial charge in [0.25, 0.3) is 0 Å². The Labute approximate surface area is 141 Å². The lowest BCUT2D eigenvalue weighted by atomic mass is 9.98. The normalized spacial score (nSPS) is 29.5. The summed E-state index contributed by atoms with van der Waals surface area (Å²) in [4.78, 5) is 22.7. The Bertz CT molecular complexity index is 449. The van der Waals surface area contributed by atoms with Crippen LogP contribution in [0.15, 0.2) is 25.3 Å². The molecule has 0 aliphatic carbocycles. The molecule has 0 unspecified atom stereocenters. The average Bonchev–Trinajstić information content (AvgIpc) is 2.50. The molecule has 1 aliphatic rings. The van der Waals surface area contributed by atoms with Crippen LogP contribution in [0.2, 0.25) is 0 Å². The second-order valence-electron chi connectivity index (χ2n) is 5.13. The van der Waals surface area contributed by atoms with Gasteiger partial charge in [-0.05, 0) is 0 Å². The number of aliphatic hydroxyl groups is 1. The van der Waals surface area contributed by atoms with Crippen molar-refractivity contribution in [2.24, 2.45) is 0 Å². The molecule has 0 radical (unpaired) electrons. The molecule has 136 valence electrons. The number of rotatable bonds is 9. The molecule has 0 aromatic rings. The topological polar surface area (TPSA) is 101 Å². The molecule has 1 heterocycles. The fourth-order valence-corrected chi connectivity index (χ4v) is 2.32. The van der Waals surface area contributed by atoms with Crippen LogP contribution >= 0.6 is 0 Å². The molecule has 8 nitrogen and oxygen atoms in total. The van der Waals surface area contributed by atoms with Gasteiger partial charge in [0.1, 0.15) is 12.2 Å². The molecular weight excluding hydrogens is 320 g/mol. The molecule has 0 aromatic heterocycles. The lowest BCUT2D eigenvalue weighted by Crippen LogP contribution is -2.62. The lowest BCUT2D eigenvalue weighted by molar-refractivity contribution is -0.300. The van der Waals surface area contributed by atoms with E-state index in [1.807, 2.05) is 0 Å². The van der Waals surface area contributed by atoms with Gasteiger partial charge in [0.2, 0.25) is 0 Å². The summed E-state index contributed by atoms with van der Waals surface area (Å²) >= 11 is 0. The fourth-order valence-electron chi connectivity index (χ4n) is 2.32. The summed E-state index contributed by atoms with van der Waals surface area (Å²) < 4.78 is 26.7. The van der Waals surface area contributed by atoms with Gasteiger partial charge in [-0.2, -0.15) is 0 Å². The Hall–Kier alpha value is -1.74. The molecule has 8 heteroatoms. The van der Waals surface area contributed by atoms with Crippen molar-refractivity contribution < 1.29 is 38.4 Å². The Morgan fingerprint density at radius 3 is 2.17 bits per heavy atom. The summed E-state index contributed by atoms with van der Waals surface area (Å²) in [5.41, 5.74) is 0. The van der Waals surface area contributed by atoms with Crippen LogP contribution in [0.3, 0.4) is 0 Å². The average molecular weight is 344 g/mol. The minimum absolute atomic E-state index is 0.0295. The minimum atomic E-state index is -1.45. The van der Waals surface area contributed by atoms with Gasteiger partial charge in [-0.15, -0.1) is 13.2 Å². The second kappa shape index (κ2) is 10.2. The van der Waals surface area contributed by atoms with E-state index in [4.69, 9.17) is 23.7 Å². The van der Waals surface area contributed by atoms with Gasteiger partial charge in [-0.3, -0.25) is 9.59 Å². The highest BCUT2D eigenvalue weighted by Gasteiger charge is 2.50. The summed E-state index contributed by atoms with van der Waals surface area (Å²) in [5, 5.41) is 10.1. The van der Waals surface area contributed by atoms with Crippen molar-refractivity contribution in [2.45, 2.75) is 44.6 Å². The molecule has 1 aliphatic heterocycles. The summed E-state index contributed by atoms with van der Waals surface area (Å²) in [7, 11) is 0. The van der Waals surface area contributed by atoms with Crippen LogP contribution in [0.5, 0.6) is 0 Å². The maximum atomic E-state index is 11.4. The van der Waals surface area contributed by atoms with Gasteiger partial charge >= 0.3 is 11.9 Å². The van der Waals surface area contributed by atoms with Crippen LogP contribution in [0.4, 0.5) is 0 Å². The summed E-state index contributed by atoms with van der Waals surface area (Å²) in [6, 6.07) is 0. The molecule has 24 heavy (non-hydrogen) atoms. The number of carbonyl (C=O) groups excluding carboxylic acids is 2. The predicted octanol–water partition coefficient (Wildman–Crippen LogP) is 0.341. The fraction of sp³-hybridized carbons (Fsp3) is 0.625. The Kier molecular flexibility index (Phi) is 8.62. The van der Waals surface area contributed by atoms with Crippen LogP contribution in [-0.2, 0) is 33.3 Å². The van der Waals surface area contributed by atoms with Gasteiger partial charge in [-0.1, -0.05) is 12.2 Å². The molecule has 0 amide bonds. The summed E-state index contributed by atoms with van der Waals surface area (Å²) in [5.74, 6) is -1.19. The van der Waals surface area contributed by atoms with E-state index in [0.29, 0.717) is 0 Å². The number of esters is 2. The van der Waals surface area contributed by atoms with Crippen molar-refractivity contribution in [3.63, 3.8) is 0 Å². The molecule has 0 aromatic carbocycles. The van der Waals surface area contributed by atoms with E-state index in [9.17, 15) is 14.7 Å². The van der Waals surface area contributed by atoms with Crippen molar-refractivity contribution in [3.8, 4) is 0 Å². The van der Waals surface area contributed by atoms with Crippen molar-refractivity contribution in [3.05, 3.63) is 25.3 Å². The predicted molar refractivity (Wildman–Crippen MR) is 82.9 cm³/mol. The maximum absolute atomic E-state index is 11.4. The van der Waals surface area contributed by atoms with E-state index >= 15 is 0 Å². The zero-order valence-electron chi connectivity index (χ0n) is 13.9. The van der Waals surface area contributed by atoms with Gasteiger partial charge in [0.15, 0.2) is 18.5 Å². The van der Waals surface area contributed by atoms with Crippen LogP contribution in [0.25, 0.3) is 0 Å². The molecule has 0 bridgehead atoms. The molecule has 1 fully saturated rings. The first-order valence-electron chi connectivity index (χ1n) is 7.49. The standard InChI is InChI=1S/C16H24O8/c1-5-7-20-9-12-13(22-10(3)17)14(21-8-6-2)15(16(19)24-12)23-11(4)18/h5-6,12-16,19H,1-2,7-9H2,3-4H3/t12-,13+,14+,15-,16-/m1/s1. The second-order valence-corrected chi connectivity index (χ2v) is 5.13. The first-order valence-corrected chi connectivity index (χ1v) is 7.49. The zero-order valence-corrected chi connectivity index (χ0v) is 13.9. The largest absolute Gasteiger partial charge is 0.457 e. The third-order valence-electron chi connectivity index (χ3n) is 3.14. The molecule has 1 N–H and O–H groups in total. The number of ether oxygens (including phenoxy) is 5. The van der Waals surface area contributed by atoms with Crippen molar-refractivity contribution >= 4 is 11.9 Å². The van der Waals surface area contributed by atoms with E-state index in [1.165, 1.54) is 19.9 Å². The van der Waals surface area contributed by atoms with Crippen LogP contribution in [0, 0.1) is 0 Å². The highest BCUT2D eigenvalue weighted by atomic mass is 16.7. The third-order valence-corrected chi connectivity index (χ3v) is 3.14. The Balaban J connectivity index is 3.01.